The van der Waals surface area contributed by atoms with Crippen LogP contribution in [0.5, 0.6) is 0 Å². The van der Waals surface area contributed by atoms with Crippen LogP contribution in [0.3, 0.4) is 0 Å². The van der Waals surface area contributed by atoms with E-state index in [9.17, 15) is 19.5 Å². The van der Waals surface area contributed by atoms with Gasteiger partial charge in [-0.2, -0.15) is 0 Å². The van der Waals surface area contributed by atoms with Crippen molar-refractivity contribution < 1.29 is 29.0 Å². The number of carbonyl (C=O) groups excluding carboxylic acids is 2. The number of fused-ring (bicyclic) bond motifs is 3. The molecule has 180 valence electrons. The van der Waals surface area contributed by atoms with Gasteiger partial charge in [-0.1, -0.05) is 48.5 Å². The molecule has 0 bridgehead atoms. The Balaban J connectivity index is 1.18. The van der Waals surface area contributed by atoms with Crippen LogP contribution in [0.1, 0.15) is 22.7 Å². The van der Waals surface area contributed by atoms with Gasteiger partial charge in [-0.15, -0.1) is 11.3 Å². The highest BCUT2D eigenvalue weighted by molar-refractivity contribution is 7.13. The van der Waals surface area contributed by atoms with Gasteiger partial charge >= 0.3 is 12.1 Å². The summed E-state index contributed by atoms with van der Waals surface area (Å²) in [6.07, 6.45) is -0.690. The summed E-state index contributed by atoms with van der Waals surface area (Å²) in [5, 5.41) is 13.9. The van der Waals surface area contributed by atoms with Crippen LogP contribution >= 0.6 is 11.3 Å². The fourth-order valence-corrected chi connectivity index (χ4v) is 5.23. The third-order valence-corrected chi connectivity index (χ3v) is 6.98. The number of morpholine rings is 1. The Hall–Kier alpha value is -3.76. The van der Waals surface area contributed by atoms with Gasteiger partial charge in [0.1, 0.15) is 6.61 Å². The van der Waals surface area contributed by atoms with Crippen LogP contribution in [0.15, 0.2) is 53.9 Å². The molecule has 2 heterocycles. The summed E-state index contributed by atoms with van der Waals surface area (Å²) in [4.78, 5) is 42.1. The van der Waals surface area contributed by atoms with E-state index in [4.69, 9.17) is 9.47 Å². The van der Waals surface area contributed by atoms with Gasteiger partial charge in [0.2, 0.25) is 5.91 Å². The van der Waals surface area contributed by atoms with Crippen LogP contribution in [-0.4, -0.2) is 65.4 Å². The Kier molecular flexibility index (Phi) is 6.47. The maximum absolute atomic E-state index is 12.6. The fourth-order valence-electron chi connectivity index (χ4n) is 4.53. The van der Waals surface area contributed by atoms with E-state index in [0.717, 1.165) is 22.3 Å². The molecule has 1 aliphatic heterocycles. The van der Waals surface area contributed by atoms with E-state index in [0.29, 0.717) is 17.4 Å². The molecule has 1 unspecified atom stereocenters. The lowest BCUT2D eigenvalue weighted by molar-refractivity contribution is -0.158. The largest absolute Gasteiger partial charge is 0.480 e. The third-order valence-electron chi connectivity index (χ3n) is 6.17. The Labute approximate surface area is 205 Å². The summed E-state index contributed by atoms with van der Waals surface area (Å²) in [7, 11) is 0. The zero-order chi connectivity index (χ0) is 24.4. The summed E-state index contributed by atoms with van der Waals surface area (Å²) >= 11 is 1.17. The topological polar surface area (TPSA) is 118 Å². The molecule has 2 N–H and O–H groups in total. The molecule has 5 rings (SSSR count). The normalized spacial score (nSPS) is 16.9. The number of aromatic nitrogens is 1. The highest BCUT2D eigenvalue weighted by atomic mass is 32.1. The van der Waals surface area contributed by atoms with E-state index in [2.05, 4.69) is 34.6 Å². The smallest absolute Gasteiger partial charge is 0.413 e. The number of carboxylic acids is 1. The Morgan fingerprint density at radius 1 is 1.11 bits per heavy atom. The van der Waals surface area contributed by atoms with Gasteiger partial charge in [-0.3, -0.25) is 10.1 Å². The Bertz CT molecular complexity index is 1230. The monoisotopic (exact) mass is 493 g/mol. The molecular weight excluding hydrogens is 470 g/mol. The molecule has 0 radical (unpaired) electrons. The zero-order valence-corrected chi connectivity index (χ0v) is 19.5. The highest BCUT2D eigenvalue weighted by Crippen LogP contribution is 2.44. The maximum Gasteiger partial charge on any atom is 0.413 e. The van der Waals surface area contributed by atoms with Crippen molar-refractivity contribution in [3.8, 4) is 11.1 Å². The standard InChI is InChI=1S/C25H23N3O6S/c29-22(28-9-10-33-13-21(28)23(30)31)11-15-14-35-24(26-15)27-25(32)34-12-20-18-7-3-1-5-16(18)17-6-2-4-8-19(17)20/h1-8,14,20-21H,9-13H2,(H,30,31)(H,26,27,32). The van der Waals surface area contributed by atoms with Crippen molar-refractivity contribution in [3.05, 3.63) is 70.7 Å². The third kappa shape index (κ3) is 4.75. The summed E-state index contributed by atoms with van der Waals surface area (Å²) in [5.74, 6) is -1.50. The van der Waals surface area contributed by atoms with Crippen LogP contribution in [0.2, 0.25) is 0 Å². The Morgan fingerprint density at radius 3 is 2.49 bits per heavy atom. The Morgan fingerprint density at radius 2 is 1.80 bits per heavy atom. The van der Waals surface area contributed by atoms with Gasteiger partial charge in [0.25, 0.3) is 0 Å². The number of nitrogens with one attached hydrogen (secondary N) is 1. The molecule has 9 nitrogen and oxygen atoms in total. The first-order valence-electron chi connectivity index (χ1n) is 11.2. The number of hydrogen-bond acceptors (Lipinski definition) is 7. The molecule has 2 aliphatic rings. The average molecular weight is 494 g/mol. The van der Waals surface area contributed by atoms with E-state index < -0.39 is 18.1 Å². The van der Waals surface area contributed by atoms with Gasteiger partial charge in [0.15, 0.2) is 11.2 Å². The quantitative estimate of drug-likeness (QED) is 0.541. The number of hydrogen-bond donors (Lipinski definition) is 2. The summed E-state index contributed by atoms with van der Waals surface area (Å²) in [6, 6.07) is 15.2. The van der Waals surface area contributed by atoms with Crippen LogP contribution in [0.4, 0.5) is 9.93 Å². The molecule has 2 aromatic carbocycles. The summed E-state index contributed by atoms with van der Waals surface area (Å²) < 4.78 is 10.7. The van der Waals surface area contributed by atoms with Gasteiger partial charge in [0, 0.05) is 17.8 Å². The second-order valence-electron chi connectivity index (χ2n) is 8.29. The molecule has 1 atom stereocenters. The number of thiazole rings is 1. The van der Waals surface area contributed by atoms with E-state index in [1.807, 2.05) is 24.3 Å². The number of carbonyl (C=O) groups is 3. The van der Waals surface area contributed by atoms with Crippen molar-refractivity contribution in [3.63, 3.8) is 0 Å². The zero-order valence-electron chi connectivity index (χ0n) is 18.7. The minimum Gasteiger partial charge on any atom is -0.480 e. The number of aliphatic carboxylic acids is 1. The van der Waals surface area contributed by atoms with E-state index >= 15 is 0 Å². The van der Waals surface area contributed by atoms with Crippen LogP contribution in [-0.2, 0) is 25.5 Å². The van der Waals surface area contributed by atoms with Gasteiger partial charge in [0.05, 0.1) is 25.3 Å². The molecule has 0 spiro atoms. The van der Waals surface area contributed by atoms with Gasteiger partial charge in [-0.05, 0) is 22.3 Å². The van der Waals surface area contributed by atoms with Crippen molar-refractivity contribution in [2.75, 3.05) is 31.7 Å². The predicted octanol–water partition coefficient (Wildman–Crippen LogP) is 3.36. The molecule has 35 heavy (non-hydrogen) atoms. The molecule has 10 heteroatoms. The van der Waals surface area contributed by atoms with Crippen LogP contribution < -0.4 is 5.32 Å². The van der Waals surface area contributed by atoms with Crippen LogP contribution in [0.25, 0.3) is 11.1 Å². The van der Waals surface area contributed by atoms with Crippen molar-refractivity contribution >= 4 is 34.4 Å². The lowest BCUT2D eigenvalue weighted by Crippen LogP contribution is -2.53. The van der Waals surface area contributed by atoms with Crippen molar-refractivity contribution in [1.82, 2.24) is 9.88 Å². The second kappa shape index (κ2) is 9.85. The minimum absolute atomic E-state index is 0.0350. The summed E-state index contributed by atoms with van der Waals surface area (Å²) in [6.45, 7) is 0.656. The van der Waals surface area contributed by atoms with Gasteiger partial charge < -0.3 is 19.5 Å². The van der Waals surface area contributed by atoms with E-state index in [1.54, 1.807) is 5.38 Å². The fraction of sp³-hybridized carbons (Fsp3) is 0.280. The first-order valence-corrected chi connectivity index (χ1v) is 12.1. The molecule has 1 aliphatic carbocycles. The number of carboxylic acid groups (broad SMARTS) is 1. The number of rotatable bonds is 6. The molecular formula is C25H23N3O6S. The first-order chi connectivity index (χ1) is 17.0. The van der Waals surface area contributed by atoms with Crippen molar-refractivity contribution in [2.45, 2.75) is 18.4 Å². The minimum atomic E-state index is -1.10. The van der Waals surface area contributed by atoms with Crippen molar-refractivity contribution in [1.29, 1.82) is 0 Å². The van der Waals surface area contributed by atoms with E-state index in [1.165, 1.54) is 16.2 Å². The molecule has 0 saturated carbocycles. The molecule has 1 saturated heterocycles. The SMILES string of the molecule is O=C(Nc1nc(CC(=O)N2CCOCC2C(=O)O)cs1)OCC1c2ccccc2-c2ccccc21. The van der Waals surface area contributed by atoms with Gasteiger partial charge in [-0.25, -0.2) is 14.6 Å². The lowest BCUT2D eigenvalue weighted by atomic mass is 9.98. The second-order valence-corrected chi connectivity index (χ2v) is 9.15. The molecule has 1 aromatic heterocycles. The molecule has 2 amide bonds. The number of ether oxygens (including phenoxy) is 2. The molecule has 3 aromatic rings. The van der Waals surface area contributed by atoms with E-state index in [-0.39, 0.29) is 38.0 Å². The number of amides is 2. The summed E-state index contributed by atoms with van der Waals surface area (Å²) in [5.41, 5.74) is 5.00. The number of benzene rings is 2. The maximum atomic E-state index is 12.6. The molecule has 1 fully saturated rings. The number of anilines is 1. The van der Waals surface area contributed by atoms with Crippen LogP contribution in [0, 0.1) is 0 Å². The average Bonchev–Trinajstić information content (AvgIpc) is 3.44. The first kappa shape index (κ1) is 23.0. The predicted molar refractivity (Wildman–Crippen MR) is 128 cm³/mol. The number of nitrogens with zero attached hydrogens (tertiary/aromatic N) is 2. The van der Waals surface area contributed by atoms with Crippen molar-refractivity contribution in [2.24, 2.45) is 0 Å². The lowest BCUT2D eigenvalue weighted by Gasteiger charge is -2.32. The highest BCUT2D eigenvalue weighted by Gasteiger charge is 2.33.